The average Bonchev–Trinajstić information content (AvgIpc) is 2.84. The number of hydrogen-bond donors (Lipinski definition) is 1. The fourth-order valence-electron chi connectivity index (χ4n) is 2.65. The van der Waals surface area contributed by atoms with Gasteiger partial charge in [-0.25, -0.2) is 4.39 Å². The fraction of sp³-hybridized carbons (Fsp3) is 0.250. The van der Waals surface area contributed by atoms with E-state index in [1.165, 1.54) is 17.2 Å². The minimum Gasteiger partial charge on any atom is -0.497 e. The molecule has 0 radical (unpaired) electrons. The molecule has 20 heavy (non-hydrogen) atoms. The lowest BCUT2D eigenvalue weighted by Gasteiger charge is -2.17. The van der Waals surface area contributed by atoms with Crippen LogP contribution in [0.4, 0.5) is 10.1 Å². The highest BCUT2D eigenvalue weighted by Crippen LogP contribution is 2.36. The molecule has 0 heterocycles. The van der Waals surface area contributed by atoms with Gasteiger partial charge in [0.1, 0.15) is 11.6 Å². The largest absolute Gasteiger partial charge is 0.497 e. The first-order chi connectivity index (χ1) is 9.67. The van der Waals surface area contributed by atoms with E-state index in [0.29, 0.717) is 0 Å². The summed E-state index contributed by atoms with van der Waals surface area (Å²) in [6.45, 7) is 0. The summed E-state index contributed by atoms with van der Waals surface area (Å²) >= 11 is 2.16. The molecule has 1 N–H and O–H groups in total. The first-order valence-corrected chi connectivity index (χ1v) is 7.63. The predicted molar refractivity (Wildman–Crippen MR) is 86.8 cm³/mol. The van der Waals surface area contributed by atoms with Crippen LogP contribution in [0.15, 0.2) is 36.4 Å². The summed E-state index contributed by atoms with van der Waals surface area (Å²) in [5.74, 6) is 0.680. The van der Waals surface area contributed by atoms with Crippen LogP contribution in [0.2, 0.25) is 0 Å². The summed E-state index contributed by atoms with van der Waals surface area (Å²) in [5.41, 5.74) is 3.62. The quantitative estimate of drug-likeness (QED) is 0.786. The van der Waals surface area contributed by atoms with Gasteiger partial charge in [0.25, 0.3) is 0 Å². The van der Waals surface area contributed by atoms with Crippen LogP contribution in [-0.4, -0.2) is 7.11 Å². The standard InChI is InChI=1S/C16H15FINO/c1-20-12-5-2-10-3-6-15(13(10)9-12)19-16-7-4-11(17)8-14(16)18/h2,4-5,7-9,15,19H,3,6H2,1H3. The Morgan fingerprint density at radius 3 is 2.85 bits per heavy atom. The zero-order valence-corrected chi connectivity index (χ0v) is 13.3. The smallest absolute Gasteiger partial charge is 0.124 e. The van der Waals surface area contributed by atoms with Crippen LogP contribution < -0.4 is 10.1 Å². The molecule has 1 atom stereocenters. The molecule has 3 rings (SSSR count). The molecule has 0 bridgehead atoms. The number of anilines is 1. The van der Waals surface area contributed by atoms with Gasteiger partial charge in [-0.1, -0.05) is 6.07 Å². The Labute approximate surface area is 131 Å². The second-order valence-corrected chi connectivity index (χ2v) is 6.09. The van der Waals surface area contributed by atoms with Crippen molar-refractivity contribution in [1.29, 1.82) is 0 Å². The molecule has 0 aromatic heterocycles. The molecular weight excluding hydrogens is 368 g/mol. The molecule has 1 unspecified atom stereocenters. The van der Waals surface area contributed by atoms with Crippen molar-refractivity contribution in [3.8, 4) is 5.75 Å². The molecule has 0 spiro atoms. The lowest BCUT2D eigenvalue weighted by atomic mass is 10.1. The van der Waals surface area contributed by atoms with Crippen molar-refractivity contribution < 1.29 is 9.13 Å². The third-order valence-corrected chi connectivity index (χ3v) is 4.58. The maximum absolute atomic E-state index is 13.1. The van der Waals surface area contributed by atoms with E-state index in [2.05, 4.69) is 40.0 Å². The second kappa shape index (κ2) is 5.60. The molecule has 104 valence electrons. The zero-order chi connectivity index (χ0) is 14.1. The number of aryl methyl sites for hydroxylation is 1. The number of hydrogen-bond acceptors (Lipinski definition) is 2. The van der Waals surface area contributed by atoms with Crippen LogP contribution in [0.1, 0.15) is 23.6 Å². The Kier molecular flexibility index (Phi) is 3.83. The second-order valence-electron chi connectivity index (χ2n) is 4.92. The molecule has 0 saturated carbocycles. The van der Waals surface area contributed by atoms with E-state index in [0.717, 1.165) is 27.8 Å². The van der Waals surface area contributed by atoms with Gasteiger partial charge in [-0.2, -0.15) is 0 Å². The fourth-order valence-corrected chi connectivity index (χ4v) is 3.28. The van der Waals surface area contributed by atoms with Gasteiger partial charge in [-0.05, 0) is 76.9 Å². The Morgan fingerprint density at radius 2 is 2.10 bits per heavy atom. The molecule has 1 aliphatic carbocycles. The Hall–Kier alpha value is -1.30. The monoisotopic (exact) mass is 383 g/mol. The van der Waals surface area contributed by atoms with E-state index in [1.807, 2.05) is 6.07 Å². The topological polar surface area (TPSA) is 21.3 Å². The van der Waals surface area contributed by atoms with E-state index < -0.39 is 0 Å². The van der Waals surface area contributed by atoms with Crippen LogP contribution in [0.25, 0.3) is 0 Å². The molecule has 4 heteroatoms. The average molecular weight is 383 g/mol. The molecule has 0 amide bonds. The normalized spacial score (nSPS) is 16.9. The van der Waals surface area contributed by atoms with Gasteiger partial charge < -0.3 is 10.1 Å². The molecule has 0 saturated heterocycles. The summed E-state index contributed by atoms with van der Waals surface area (Å²) < 4.78 is 19.4. The molecule has 2 aromatic rings. The Balaban J connectivity index is 1.87. The summed E-state index contributed by atoms with van der Waals surface area (Å²) in [4.78, 5) is 0. The van der Waals surface area contributed by atoms with Gasteiger partial charge in [0, 0.05) is 9.26 Å². The van der Waals surface area contributed by atoms with Crippen molar-refractivity contribution in [2.75, 3.05) is 12.4 Å². The first-order valence-electron chi connectivity index (χ1n) is 6.56. The number of fused-ring (bicyclic) bond motifs is 1. The van der Waals surface area contributed by atoms with Crippen molar-refractivity contribution in [2.24, 2.45) is 0 Å². The highest BCUT2D eigenvalue weighted by Gasteiger charge is 2.23. The summed E-state index contributed by atoms with van der Waals surface area (Å²) in [5, 5.41) is 3.51. The predicted octanol–water partition coefficient (Wildman–Crippen LogP) is 4.54. The van der Waals surface area contributed by atoms with Gasteiger partial charge in [-0.15, -0.1) is 0 Å². The van der Waals surface area contributed by atoms with E-state index in [1.54, 1.807) is 19.2 Å². The lowest BCUT2D eigenvalue weighted by molar-refractivity contribution is 0.414. The van der Waals surface area contributed by atoms with Crippen molar-refractivity contribution in [1.82, 2.24) is 0 Å². The van der Waals surface area contributed by atoms with E-state index >= 15 is 0 Å². The van der Waals surface area contributed by atoms with Gasteiger partial charge in [-0.3, -0.25) is 0 Å². The van der Waals surface area contributed by atoms with Crippen molar-refractivity contribution in [3.05, 3.63) is 56.9 Å². The highest BCUT2D eigenvalue weighted by molar-refractivity contribution is 14.1. The molecule has 1 aliphatic rings. The third kappa shape index (κ3) is 2.61. The number of rotatable bonds is 3. The van der Waals surface area contributed by atoms with Gasteiger partial charge in [0.15, 0.2) is 0 Å². The molecular formula is C16H15FINO. The summed E-state index contributed by atoms with van der Waals surface area (Å²) in [6, 6.07) is 11.3. The maximum atomic E-state index is 13.1. The van der Waals surface area contributed by atoms with E-state index in [9.17, 15) is 4.39 Å². The lowest BCUT2D eigenvalue weighted by Crippen LogP contribution is -2.08. The van der Waals surface area contributed by atoms with E-state index in [4.69, 9.17) is 4.74 Å². The van der Waals surface area contributed by atoms with E-state index in [-0.39, 0.29) is 11.9 Å². The molecule has 2 aromatic carbocycles. The number of ether oxygens (including phenoxy) is 1. The molecule has 0 fully saturated rings. The van der Waals surface area contributed by atoms with Crippen LogP contribution >= 0.6 is 22.6 Å². The third-order valence-electron chi connectivity index (χ3n) is 3.69. The SMILES string of the molecule is COc1ccc2c(c1)C(Nc1ccc(F)cc1I)CC2. The van der Waals surface area contributed by atoms with Gasteiger partial charge in [0.05, 0.1) is 13.2 Å². The van der Waals surface area contributed by atoms with Crippen molar-refractivity contribution >= 4 is 28.3 Å². The highest BCUT2D eigenvalue weighted by atomic mass is 127. The van der Waals surface area contributed by atoms with Gasteiger partial charge >= 0.3 is 0 Å². The van der Waals surface area contributed by atoms with Crippen molar-refractivity contribution in [3.63, 3.8) is 0 Å². The van der Waals surface area contributed by atoms with Crippen molar-refractivity contribution in [2.45, 2.75) is 18.9 Å². The number of halogens is 2. The molecule has 2 nitrogen and oxygen atoms in total. The zero-order valence-electron chi connectivity index (χ0n) is 11.1. The van der Waals surface area contributed by atoms with Gasteiger partial charge in [0.2, 0.25) is 0 Å². The Bertz CT molecular complexity index is 644. The van der Waals surface area contributed by atoms with Crippen LogP contribution in [0.5, 0.6) is 5.75 Å². The maximum Gasteiger partial charge on any atom is 0.124 e. The molecule has 0 aliphatic heterocycles. The van der Waals surface area contributed by atoms with Crippen LogP contribution in [-0.2, 0) is 6.42 Å². The number of benzene rings is 2. The first kappa shape index (κ1) is 13.7. The minimum absolute atomic E-state index is 0.201. The summed E-state index contributed by atoms with van der Waals surface area (Å²) in [7, 11) is 1.68. The summed E-state index contributed by atoms with van der Waals surface area (Å²) in [6.07, 6.45) is 2.12. The Morgan fingerprint density at radius 1 is 1.25 bits per heavy atom. The van der Waals surface area contributed by atoms with Crippen LogP contribution in [0.3, 0.4) is 0 Å². The van der Waals surface area contributed by atoms with Crippen LogP contribution in [0, 0.1) is 9.39 Å². The minimum atomic E-state index is -0.201. The number of methoxy groups -OCH3 is 1. The number of nitrogens with one attached hydrogen (secondary N) is 1.